The molecule has 1 aromatic carbocycles. The number of anilines is 1. The Balaban J connectivity index is 2.16. The van der Waals surface area contributed by atoms with Crippen molar-refractivity contribution >= 4 is 40.1 Å². The maximum Gasteiger partial charge on any atom is 0.227 e. The minimum Gasteiger partial charge on any atom is -0.309 e. The Hall–Kier alpha value is -1.14. The molecule has 20 heavy (non-hydrogen) atoms. The summed E-state index contributed by atoms with van der Waals surface area (Å²) in [6.45, 7) is 1.76. The van der Waals surface area contributed by atoms with E-state index in [-0.39, 0.29) is 34.1 Å². The highest BCUT2D eigenvalue weighted by atomic mass is 35.5. The van der Waals surface area contributed by atoms with Gasteiger partial charge < -0.3 is 4.90 Å². The number of carbonyl (C=O) groups excluding carboxylic acids is 2. The van der Waals surface area contributed by atoms with Crippen LogP contribution in [0.5, 0.6) is 0 Å². The first kappa shape index (κ1) is 15.3. The molecule has 1 unspecified atom stereocenters. The van der Waals surface area contributed by atoms with E-state index >= 15 is 0 Å². The van der Waals surface area contributed by atoms with Crippen LogP contribution < -0.4 is 4.90 Å². The maximum atomic E-state index is 13.7. The number of halogens is 3. The fourth-order valence-corrected chi connectivity index (χ4v) is 2.93. The second-order valence-electron chi connectivity index (χ2n) is 4.59. The monoisotopic (exact) mass is 319 g/mol. The molecule has 1 atom stereocenters. The summed E-state index contributed by atoms with van der Waals surface area (Å²) in [7, 11) is 0. The molecule has 0 bridgehead atoms. The van der Waals surface area contributed by atoms with Crippen LogP contribution in [0.4, 0.5) is 14.5 Å². The van der Waals surface area contributed by atoms with Crippen LogP contribution in [0.3, 0.4) is 0 Å². The van der Waals surface area contributed by atoms with Crippen LogP contribution in [-0.2, 0) is 9.59 Å². The third kappa shape index (κ3) is 3.30. The molecule has 0 aromatic heterocycles. The van der Waals surface area contributed by atoms with Crippen LogP contribution in [0, 0.1) is 17.6 Å². The van der Waals surface area contributed by atoms with Gasteiger partial charge in [-0.15, -0.1) is 0 Å². The van der Waals surface area contributed by atoms with Crippen molar-refractivity contribution in [3.8, 4) is 0 Å². The third-order valence-corrected chi connectivity index (χ3v) is 4.34. The molecule has 0 radical (unpaired) electrons. The van der Waals surface area contributed by atoms with Crippen LogP contribution in [0.1, 0.15) is 13.3 Å². The third-order valence-electron chi connectivity index (χ3n) is 3.01. The first-order valence-electron chi connectivity index (χ1n) is 5.96. The molecular formula is C13H12ClF2NO2S. The average molecular weight is 320 g/mol. The van der Waals surface area contributed by atoms with E-state index < -0.39 is 11.6 Å². The molecule has 0 aliphatic carbocycles. The number of rotatable bonds is 3. The van der Waals surface area contributed by atoms with E-state index in [0.29, 0.717) is 18.4 Å². The Morgan fingerprint density at radius 3 is 2.80 bits per heavy atom. The number of thioether (sulfide) groups is 1. The van der Waals surface area contributed by atoms with Gasteiger partial charge >= 0.3 is 0 Å². The van der Waals surface area contributed by atoms with E-state index in [9.17, 15) is 18.4 Å². The van der Waals surface area contributed by atoms with Gasteiger partial charge in [-0.2, -0.15) is 0 Å². The van der Waals surface area contributed by atoms with Gasteiger partial charge in [0.15, 0.2) is 5.12 Å². The van der Waals surface area contributed by atoms with Crippen molar-refractivity contribution in [2.24, 2.45) is 5.92 Å². The highest BCUT2D eigenvalue weighted by Crippen LogP contribution is 2.32. The molecule has 1 aliphatic rings. The van der Waals surface area contributed by atoms with Gasteiger partial charge in [-0.05, 0) is 12.0 Å². The van der Waals surface area contributed by atoms with Crippen LogP contribution in [0.15, 0.2) is 12.1 Å². The molecule has 7 heteroatoms. The van der Waals surface area contributed by atoms with Crippen molar-refractivity contribution in [1.82, 2.24) is 0 Å². The molecule has 3 nitrogen and oxygen atoms in total. The molecular weight excluding hydrogens is 308 g/mol. The fourth-order valence-electron chi connectivity index (χ4n) is 2.08. The Morgan fingerprint density at radius 1 is 1.45 bits per heavy atom. The highest BCUT2D eigenvalue weighted by molar-refractivity contribution is 8.13. The maximum absolute atomic E-state index is 13.7. The zero-order valence-corrected chi connectivity index (χ0v) is 12.2. The molecule has 0 saturated carbocycles. The van der Waals surface area contributed by atoms with E-state index in [1.807, 2.05) is 0 Å². The molecule has 1 aliphatic heterocycles. The number of amides is 1. The predicted molar refractivity (Wildman–Crippen MR) is 75.0 cm³/mol. The Morgan fingerprint density at radius 2 is 2.15 bits per heavy atom. The first-order chi connectivity index (χ1) is 9.38. The number of benzene rings is 1. The quantitative estimate of drug-likeness (QED) is 0.803. The second kappa shape index (κ2) is 6.10. The van der Waals surface area contributed by atoms with Crippen molar-refractivity contribution in [2.45, 2.75) is 13.3 Å². The molecule has 108 valence electrons. The summed E-state index contributed by atoms with van der Waals surface area (Å²) in [6.07, 6.45) is 0.245. The molecule has 1 aromatic rings. The average Bonchev–Trinajstić information content (AvgIpc) is 2.72. The van der Waals surface area contributed by atoms with Crippen molar-refractivity contribution in [2.75, 3.05) is 17.2 Å². The number of nitrogens with zero attached hydrogens (tertiary/aromatic N) is 1. The summed E-state index contributed by atoms with van der Waals surface area (Å²) >= 11 is 6.76. The predicted octanol–water partition coefficient (Wildman–Crippen LogP) is 3.25. The minimum absolute atomic E-state index is 0.0169. The molecule has 1 amide bonds. The lowest BCUT2D eigenvalue weighted by Crippen LogP contribution is -2.26. The lowest BCUT2D eigenvalue weighted by Gasteiger charge is -2.18. The van der Waals surface area contributed by atoms with E-state index in [4.69, 9.17) is 11.6 Å². The fraction of sp³-hybridized carbons (Fsp3) is 0.385. The summed E-state index contributed by atoms with van der Waals surface area (Å²) in [5.41, 5.74) is -0.0169. The van der Waals surface area contributed by atoms with Gasteiger partial charge in [-0.1, -0.05) is 23.4 Å². The van der Waals surface area contributed by atoms with Crippen molar-refractivity contribution < 1.29 is 18.4 Å². The van der Waals surface area contributed by atoms with Gasteiger partial charge in [0, 0.05) is 31.7 Å². The Bertz CT molecular complexity index is 568. The lowest BCUT2D eigenvalue weighted by molar-refractivity contribution is -0.117. The SMILES string of the molecule is CC(=O)SCC1CC(=O)N(c2cc(Cl)c(F)cc2F)C1. The van der Waals surface area contributed by atoms with Gasteiger partial charge in [-0.25, -0.2) is 8.78 Å². The van der Waals surface area contributed by atoms with Crippen LogP contribution in [0.2, 0.25) is 5.02 Å². The second-order valence-corrected chi connectivity index (χ2v) is 6.20. The van der Waals surface area contributed by atoms with E-state index in [1.165, 1.54) is 11.8 Å². The van der Waals surface area contributed by atoms with Gasteiger partial charge in [0.2, 0.25) is 5.91 Å². The number of hydrogen-bond donors (Lipinski definition) is 0. The van der Waals surface area contributed by atoms with Crippen LogP contribution in [-0.4, -0.2) is 23.3 Å². The van der Waals surface area contributed by atoms with Crippen LogP contribution >= 0.6 is 23.4 Å². The summed E-state index contributed by atoms with van der Waals surface area (Å²) < 4.78 is 26.9. The number of carbonyl (C=O) groups is 2. The van der Waals surface area contributed by atoms with Gasteiger partial charge in [-0.3, -0.25) is 9.59 Å². The topological polar surface area (TPSA) is 37.4 Å². The van der Waals surface area contributed by atoms with Crippen molar-refractivity contribution in [3.05, 3.63) is 28.8 Å². The summed E-state index contributed by atoms with van der Waals surface area (Å²) in [5, 5.41) is -0.248. The zero-order valence-electron chi connectivity index (χ0n) is 10.7. The minimum atomic E-state index is -0.858. The van der Waals surface area contributed by atoms with Crippen molar-refractivity contribution in [3.63, 3.8) is 0 Å². The molecule has 2 rings (SSSR count). The summed E-state index contributed by atoms with van der Waals surface area (Å²) in [6, 6.07) is 1.78. The lowest BCUT2D eigenvalue weighted by atomic mass is 10.1. The Labute approximate surface area is 124 Å². The molecule has 0 N–H and O–H groups in total. The molecule has 0 spiro atoms. The molecule has 1 heterocycles. The van der Waals surface area contributed by atoms with E-state index in [0.717, 1.165) is 17.8 Å². The summed E-state index contributed by atoms with van der Waals surface area (Å²) in [5.74, 6) is -1.45. The van der Waals surface area contributed by atoms with Crippen LogP contribution in [0.25, 0.3) is 0 Å². The summed E-state index contributed by atoms with van der Waals surface area (Å²) in [4.78, 5) is 24.1. The molecule has 1 saturated heterocycles. The van der Waals surface area contributed by atoms with Gasteiger partial charge in [0.25, 0.3) is 0 Å². The largest absolute Gasteiger partial charge is 0.309 e. The van der Waals surface area contributed by atoms with Crippen molar-refractivity contribution in [1.29, 1.82) is 0 Å². The first-order valence-corrected chi connectivity index (χ1v) is 7.33. The zero-order chi connectivity index (χ0) is 14.9. The van der Waals surface area contributed by atoms with E-state index in [2.05, 4.69) is 0 Å². The van der Waals surface area contributed by atoms with Gasteiger partial charge in [0.1, 0.15) is 11.6 Å². The standard InChI is InChI=1S/C13H12ClF2NO2S/c1-7(18)20-6-8-2-13(19)17(5-8)12-3-9(14)10(15)4-11(12)16/h3-4,8H,2,5-6H2,1H3. The molecule has 1 fully saturated rings. The van der Waals surface area contributed by atoms with Gasteiger partial charge in [0.05, 0.1) is 10.7 Å². The number of hydrogen-bond acceptors (Lipinski definition) is 3. The highest BCUT2D eigenvalue weighted by Gasteiger charge is 2.32. The smallest absolute Gasteiger partial charge is 0.227 e. The Kier molecular flexibility index (Phi) is 4.65. The van der Waals surface area contributed by atoms with E-state index in [1.54, 1.807) is 0 Å². The normalized spacial score (nSPS) is 18.7.